The molecule has 1 aromatic carbocycles. The van der Waals surface area contributed by atoms with Crippen LogP contribution in [0.1, 0.15) is 49.5 Å². The van der Waals surface area contributed by atoms with Crippen LogP contribution in [0, 0.1) is 12.3 Å². The maximum Gasteiger partial charge on any atom is 0.275 e. The molecule has 0 aliphatic heterocycles. The number of benzene rings is 1. The Labute approximate surface area is 124 Å². The first-order valence-corrected chi connectivity index (χ1v) is 7.17. The molecule has 1 fully saturated rings. The molecule has 0 spiro atoms. The molecule has 0 amide bonds. The van der Waals surface area contributed by atoms with Crippen molar-refractivity contribution in [3.05, 3.63) is 58.8 Å². The second-order valence-corrected chi connectivity index (χ2v) is 5.96. The summed E-state index contributed by atoms with van der Waals surface area (Å²) in [6.07, 6.45) is 3.81. The third-order valence-corrected chi connectivity index (χ3v) is 3.93. The molecule has 1 aromatic heterocycles. The second-order valence-electron chi connectivity index (χ2n) is 5.96. The fourth-order valence-corrected chi connectivity index (χ4v) is 2.73. The predicted octanol–water partition coefficient (Wildman–Crippen LogP) is 3.79. The van der Waals surface area contributed by atoms with Gasteiger partial charge in [-0.05, 0) is 50.8 Å². The third kappa shape index (κ3) is 2.42. The minimum atomic E-state index is -0.113. The molecule has 2 aromatic rings. The molecule has 108 valence electrons. The summed E-state index contributed by atoms with van der Waals surface area (Å²) in [7, 11) is 0. The van der Waals surface area contributed by atoms with E-state index < -0.39 is 0 Å². The Morgan fingerprint density at radius 2 is 2.00 bits per heavy atom. The molecule has 0 unspecified atom stereocenters. The average Bonchev–Trinajstić information content (AvgIpc) is 3.08. The Kier molecular flexibility index (Phi) is 3.24. The van der Waals surface area contributed by atoms with Crippen LogP contribution in [0.3, 0.4) is 0 Å². The summed E-state index contributed by atoms with van der Waals surface area (Å²) in [5.74, 6) is 1.00. The summed E-state index contributed by atoms with van der Waals surface area (Å²) in [5.41, 5.74) is 3.72. The minimum absolute atomic E-state index is 0.113. The maximum absolute atomic E-state index is 7.97. The first-order chi connectivity index (χ1) is 10.0. The van der Waals surface area contributed by atoms with Gasteiger partial charge in [0.15, 0.2) is 5.82 Å². The fraction of sp³-hybridized carbons (Fsp3) is 0.353. The highest BCUT2D eigenvalue weighted by molar-refractivity contribution is 6.03. The highest BCUT2D eigenvalue weighted by Gasteiger charge is 2.50. The minimum Gasteiger partial charge on any atom is -0.332 e. The summed E-state index contributed by atoms with van der Waals surface area (Å²) in [5, 5.41) is 12.1. The van der Waals surface area contributed by atoms with E-state index in [1.54, 1.807) is 6.08 Å². The molecule has 21 heavy (non-hydrogen) atoms. The Hall–Kier alpha value is -2.23. The SMILES string of the molecule is CC(C)=CC(=N)c1nc(C2(c3ccccc3C)CC2)no1. The normalized spacial score (nSPS) is 15.6. The van der Waals surface area contributed by atoms with Crippen LogP contribution in [0.4, 0.5) is 0 Å². The maximum atomic E-state index is 7.97. The van der Waals surface area contributed by atoms with E-state index in [1.165, 1.54) is 11.1 Å². The van der Waals surface area contributed by atoms with Crippen molar-refractivity contribution < 1.29 is 4.52 Å². The lowest BCUT2D eigenvalue weighted by atomic mass is 9.91. The van der Waals surface area contributed by atoms with Crippen molar-refractivity contribution in [2.24, 2.45) is 0 Å². The van der Waals surface area contributed by atoms with Gasteiger partial charge in [-0.1, -0.05) is 35.0 Å². The fourth-order valence-electron chi connectivity index (χ4n) is 2.73. The molecule has 1 aliphatic rings. The number of nitrogens with one attached hydrogen (secondary N) is 1. The van der Waals surface area contributed by atoms with Gasteiger partial charge < -0.3 is 4.52 Å². The molecule has 4 heteroatoms. The van der Waals surface area contributed by atoms with Crippen molar-refractivity contribution in [2.75, 3.05) is 0 Å². The Balaban J connectivity index is 1.95. The molecule has 0 radical (unpaired) electrons. The monoisotopic (exact) mass is 281 g/mol. The predicted molar refractivity (Wildman–Crippen MR) is 81.8 cm³/mol. The van der Waals surface area contributed by atoms with E-state index in [4.69, 9.17) is 9.93 Å². The van der Waals surface area contributed by atoms with Gasteiger partial charge in [-0.2, -0.15) is 4.98 Å². The molecule has 0 saturated heterocycles. The van der Waals surface area contributed by atoms with Crippen LogP contribution < -0.4 is 0 Å². The number of allylic oxidation sites excluding steroid dienone is 2. The van der Waals surface area contributed by atoms with Crippen molar-refractivity contribution >= 4 is 5.71 Å². The van der Waals surface area contributed by atoms with Gasteiger partial charge >= 0.3 is 0 Å². The zero-order valence-electron chi connectivity index (χ0n) is 12.6. The number of hydrogen-bond acceptors (Lipinski definition) is 4. The quantitative estimate of drug-likeness (QED) is 0.867. The summed E-state index contributed by atoms with van der Waals surface area (Å²) in [6.45, 7) is 6.00. The van der Waals surface area contributed by atoms with Gasteiger partial charge in [-0.25, -0.2) is 0 Å². The van der Waals surface area contributed by atoms with Gasteiger partial charge in [0.2, 0.25) is 0 Å². The van der Waals surface area contributed by atoms with Crippen LogP contribution in [0.25, 0.3) is 0 Å². The van der Waals surface area contributed by atoms with Crippen LogP contribution in [-0.2, 0) is 5.41 Å². The number of nitrogens with zero attached hydrogens (tertiary/aromatic N) is 2. The van der Waals surface area contributed by atoms with Gasteiger partial charge in [0.1, 0.15) is 5.71 Å². The lowest BCUT2D eigenvalue weighted by molar-refractivity contribution is 0.400. The van der Waals surface area contributed by atoms with Crippen LogP contribution >= 0.6 is 0 Å². The van der Waals surface area contributed by atoms with E-state index in [1.807, 2.05) is 19.9 Å². The standard InChI is InChI=1S/C17H19N3O/c1-11(2)10-14(18)15-19-16(20-21-15)17(8-9-17)13-7-5-4-6-12(13)3/h4-7,10,18H,8-9H2,1-3H3. The van der Waals surface area contributed by atoms with Gasteiger partial charge in [0.05, 0.1) is 5.41 Å². The highest BCUT2D eigenvalue weighted by Crippen LogP contribution is 2.53. The highest BCUT2D eigenvalue weighted by atomic mass is 16.5. The van der Waals surface area contributed by atoms with Gasteiger partial charge in [-0.3, -0.25) is 5.41 Å². The topological polar surface area (TPSA) is 62.8 Å². The smallest absolute Gasteiger partial charge is 0.275 e. The van der Waals surface area contributed by atoms with Gasteiger partial charge in [0.25, 0.3) is 5.89 Å². The van der Waals surface area contributed by atoms with Gasteiger partial charge in [0, 0.05) is 0 Å². The average molecular weight is 281 g/mol. The van der Waals surface area contributed by atoms with E-state index in [0.29, 0.717) is 11.7 Å². The largest absolute Gasteiger partial charge is 0.332 e. The van der Waals surface area contributed by atoms with E-state index in [0.717, 1.165) is 18.4 Å². The summed E-state index contributed by atoms with van der Waals surface area (Å²) < 4.78 is 5.28. The molecule has 1 saturated carbocycles. The molecule has 4 nitrogen and oxygen atoms in total. The van der Waals surface area contributed by atoms with E-state index >= 15 is 0 Å². The van der Waals surface area contributed by atoms with E-state index in [2.05, 4.69) is 35.3 Å². The summed E-state index contributed by atoms with van der Waals surface area (Å²) in [4.78, 5) is 4.47. The lowest BCUT2D eigenvalue weighted by Gasteiger charge is -2.13. The molecule has 1 aliphatic carbocycles. The zero-order chi connectivity index (χ0) is 15.0. The van der Waals surface area contributed by atoms with Crippen molar-refractivity contribution in [1.82, 2.24) is 10.1 Å². The summed E-state index contributed by atoms with van der Waals surface area (Å²) in [6, 6.07) is 8.34. The first-order valence-electron chi connectivity index (χ1n) is 7.17. The van der Waals surface area contributed by atoms with Crippen LogP contribution in [-0.4, -0.2) is 15.9 Å². The number of rotatable bonds is 4. The van der Waals surface area contributed by atoms with Crippen LogP contribution in [0.5, 0.6) is 0 Å². The molecule has 1 N–H and O–H groups in total. The third-order valence-electron chi connectivity index (χ3n) is 3.93. The van der Waals surface area contributed by atoms with Crippen molar-refractivity contribution in [2.45, 2.75) is 39.0 Å². The first kappa shape index (κ1) is 13.7. The lowest BCUT2D eigenvalue weighted by Crippen LogP contribution is -2.13. The summed E-state index contributed by atoms with van der Waals surface area (Å²) >= 11 is 0. The Morgan fingerprint density at radius 3 is 2.62 bits per heavy atom. The van der Waals surface area contributed by atoms with Crippen LogP contribution in [0.2, 0.25) is 0 Å². The Bertz CT molecular complexity index is 719. The number of aryl methyl sites for hydroxylation is 1. The Morgan fingerprint density at radius 1 is 1.29 bits per heavy atom. The van der Waals surface area contributed by atoms with Crippen molar-refractivity contribution in [3.8, 4) is 0 Å². The molecule has 0 atom stereocenters. The van der Waals surface area contributed by atoms with E-state index in [9.17, 15) is 0 Å². The van der Waals surface area contributed by atoms with Gasteiger partial charge in [-0.15, -0.1) is 0 Å². The molecule has 0 bridgehead atoms. The molecule has 1 heterocycles. The molecule has 3 rings (SSSR count). The zero-order valence-corrected chi connectivity index (χ0v) is 12.6. The van der Waals surface area contributed by atoms with Crippen molar-refractivity contribution in [1.29, 1.82) is 5.41 Å². The van der Waals surface area contributed by atoms with Crippen molar-refractivity contribution in [3.63, 3.8) is 0 Å². The number of hydrogen-bond donors (Lipinski definition) is 1. The van der Waals surface area contributed by atoms with Crippen LogP contribution in [0.15, 0.2) is 40.4 Å². The molecular formula is C17H19N3O. The number of aromatic nitrogens is 2. The molecular weight excluding hydrogens is 262 g/mol. The second kappa shape index (κ2) is 4.95. The van der Waals surface area contributed by atoms with E-state index in [-0.39, 0.29) is 11.1 Å².